The maximum Gasteiger partial charge on any atom is 0.328 e. The van der Waals surface area contributed by atoms with Gasteiger partial charge in [0.15, 0.2) is 11.5 Å². The predicted octanol–water partition coefficient (Wildman–Crippen LogP) is 2.31. The van der Waals surface area contributed by atoms with Crippen molar-refractivity contribution in [1.82, 2.24) is 4.90 Å². The van der Waals surface area contributed by atoms with Gasteiger partial charge in [-0.2, -0.15) is 0 Å². The lowest BCUT2D eigenvalue weighted by Gasteiger charge is -2.18. The van der Waals surface area contributed by atoms with E-state index < -0.39 is 23.2 Å². The van der Waals surface area contributed by atoms with Crippen LogP contribution in [0.15, 0.2) is 17.0 Å². The molecule has 0 saturated carbocycles. The minimum Gasteiger partial charge on any atom is -0.493 e. The summed E-state index contributed by atoms with van der Waals surface area (Å²) in [6, 6.07) is 2.30. The Morgan fingerprint density at radius 2 is 1.65 bits per heavy atom. The van der Waals surface area contributed by atoms with Crippen LogP contribution in [-0.4, -0.2) is 56.5 Å². The molecule has 1 saturated heterocycles. The Kier molecular flexibility index (Phi) is 6.14. The maximum atomic E-state index is 12.5. The van der Waals surface area contributed by atoms with Crippen molar-refractivity contribution in [3.8, 4) is 17.2 Å². The number of amides is 2. The number of esters is 1. The van der Waals surface area contributed by atoms with E-state index in [1.165, 1.54) is 41.4 Å². The lowest BCUT2D eigenvalue weighted by atomic mass is 10.1. The molecular weight excluding hydrogens is 362 g/mol. The Hall–Kier alpha value is -2.68. The summed E-state index contributed by atoms with van der Waals surface area (Å²) < 4.78 is 20.4. The van der Waals surface area contributed by atoms with Gasteiger partial charge in [0, 0.05) is 0 Å². The highest BCUT2D eigenvalue weighted by atomic mass is 32.2. The monoisotopic (exact) mass is 381 g/mol. The number of imide groups is 1. The minimum absolute atomic E-state index is 0.181. The first kappa shape index (κ1) is 19.6. The summed E-state index contributed by atoms with van der Waals surface area (Å²) in [5.41, 5.74) is 0.579. The van der Waals surface area contributed by atoms with Gasteiger partial charge in [0.2, 0.25) is 5.75 Å². The third-order valence-electron chi connectivity index (χ3n) is 3.74. The van der Waals surface area contributed by atoms with Crippen LogP contribution in [0.25, 0.3) is 6.08 Å². The molecule has 2 amide bonds. The van der Waals surface area contributed by atoms with Crippen LogP contribution < -0.4 is 14.2 Å². The quantitative estimate of drug-likeness (QED) is 0.548. The Labute approximate surface area is 155 Å². The van der Waals surface area contributed by atoms with Gasteiger partial charge >= 0.3 is 5.97 Å². The lowest BCUT2D eigenvalue weighted by molar-refractivity contribution is -0.148. The highest BCUT2D eigenvalue weighted by molar-refractivity contribution is 8.18. The molecule has 26 heavy (non-hydrogen) atoms. The standard InChI is InChI=1S/C17H19NO7S/c1-9(16(20)25-5)18-15(19)13(26-17(18)21)8-10-6-11(22-2)14(24-4)12(7-10)23-3/h6-9H,1-5H3/b13-8-/t9-/m0/s1. The Balaban J connectivity index is 2.40. The number of hydrogen-bond donors (Lipinski definition) is 0. The molecule has 1 atom stereocenters. The molecule has 0 aliphatic carbocycles. The molecule has 9 heteroatoms. The number of rotatable bonds is 6. The first-order valence-electron chi connectivity index (χ1n) is 7.52. The lowest BCUT2D eigenvalue weighted by Crippen LogP contribution is -2.42. The third-order valence-corrected chi connectivity index (χ3v) is 4.62. The highest BCUT2D eigenvalue weighted by Gasteiger charge is 2.41. The van der Waals surface area contributed by atoms with Crippen molar-refractivity contribution >= 4 is 35.0 Å². The maximum absolute atomic E-state index is 12.5. The zero-order chi connectivity index (χ0) is 19.4. The van der Waals surface area contributed by atoms with E-state index in [2.05, 4.69) is 4.74 Å². The van der Waals surface area contributed by atoms with Crippen LogP contribution in [0.4, 0.5) is 4.79 Å². The van der Waals surface area contributed by atoms with Crippen molar-refractivity contribution in [1.29, 1.82) is 0 Å². The summed E-state index contributed by atoms with van der Waals surface area (Å²) in [5, 5.41) is -0.536. The molecule has 0 spiro atoms. The van der Waals surface area contributed by atoms with Crippen LogP contribution in [0.5, 0.6) is 17.2 Å². The fraction of sp³-hybridized carbons (Fsp3) is 0.353. The third kappa shape index (κ3) is 3.62. The van der Waals surface area contributed by atoms with Gasteiger partial charge in [0.05, 0.1) is 33.3 Å². The van der Waals surface area contributed by atoms with E-state index in [-0.39, 0.29) is 4.91 Å². The zero-order valence-electron chi connectivity index (χ0n) is 15.0. The van der Waals surface area contributed by atoms with Gasteiger partial charge in [-0.25, -0.2) is 4.79 Å². The van der Waals surface area contributed by atoms with E-state index in [0.717, 1.165) is 16.7 Å². The fourth-order valence-electron chi connectivity index (χ4n) is 2.43. The number of carbonyl (C=O) groups is 3. The summed E-state index contributed by atoms with van der Waals surface area (Å²) in [6.07, 6.45) is 1.53. The number of methoxy groups -OCH3 is 4. The Morgan fingerprint density at radius 3 is 2.12 bits per heavy atom. The first-order valence-corrected chi connectivity index (χ1v) is 8.34. The van der Waals surface area contributed by atoms with Crippen molar-refractivity contribution in [2.24, 2.45) is 0 Å². The average molecular weight is 381 g/mol. The second-order valence-corrected chi connectivity index (χ2v) is 6.20. The molecule has 1 aromatic rings. The number of hydrogen-bond acceptors (Lipinski definition) is 8. The molecule has 1 heterocycles. The van der Waals surface area contributed by atoms with Crippen molar-refractivity contribution in [2.75, 3.05) is 28.4 Å². The van der Waals surface area contributed by atoms with Crippen LogP contribution >= 0.6 is 11.8 Å². The normalized spacial score (nSPS) is 16.7. The van der Waals surface area contributed by atoms with Gasteiger partial charge < -0.3 is 18.9 Å². The van der Waals surface area contributed by atoms with E-state index in [9.17, 15) is 14.4 Å². The molecule has 140 valence electrons. The molecule has 0 aromatic heterocycles. The minimum atomic E-state index is -1.00. The summed E-state index contributed by atoms with van der Waals surface area (Å²) in [7, 11) is 5.64. The van der Waals surface area contributed by atoms with Gasteiger partial charge in [-0.1, -0.05) is 0 Å². The molecular formula is C17H19NO7S. The van der Waals surface area contributed by atoms with Crippen LogP contribution in [-0.2, 0) is 14.3 Å². The van der Waals surface area contributed by atoms with Crippen molar-refractivity contribution < 1.29 is 33.3 Å². The van der Waals surface area contributed by atoms with E-state index in [0.29, 0.717) is 22.8 Å². The number of nitrogens with zero attached hydrogens (tertiary/aromatic N) is 1. The van der Waals surface area contributed by atoms with Crippen LogP contribution in [0.1, 0.15) is 12.5 Å². The molecule has 1 aliphatic rings. The second kappa shape index (κ2) is 8.13. The smallest absolute Gasteiger partial charge is 0.328 e. The average Bonchev–Trinajstić information content (AvgIpc) is 2.92. The van der Waals surface area contributed by atoms with Crippen LogP contribution in [0.3, 0.4) is 0 Å². The molecule has 1 aromatic carbocycles. The molecule has 0 bridgehead atoms. The second-order valence-electron chi connectivity index (χ2n) is 5.21. The molecule has 0 unspecified atom stereocenters. The molecule has 2 rings (SSSR count). The summed E-state index contributed by atoms with van der Waals surface area (Å²) in [5.74, 6) is 0.0214. The fourth-order valence-corrected chi connectivity index (χ4v) is 3.33. The number of carbonyl (C=O) groups excluding carboxylic acids is 3. The topological polar surface area (TPSA) is 91.4 Å². The van der Waals surface area contributed by atoms with E-state index in [4.69, 9.17) is 14.2 Å². The summed E-state index contributed by atoms with van der Waals surface area (Å²) in [6.45, 7) is 1.44. The first-order chi connectivity index (χ1) is 12.4. The predicted molar refractivity (Wildman–Crippen MR) is 95.4 cm³/mol. The van der Waals surface area contributed by atoms with Gasteiger partial charge in [-0.05, 0) is 42.5 Å². The van der Waals surface area contributed by atoms with E-state index in [1.54, 1.807) is 12.1 Å². The summed E-state index contributed by atoms with van der Waals surface area (Å²) >= 11 is 0.748. The van der Waals surface area contributed by atoms with Crippen molar-refractivity contribution in [3.05, 3.63) is 22.6 Å². The number of thioether (sulfide) groups is 1. The Morgan fingerprint density at radius 1 is 1.08 bits per heavy atom. The number of benzene rings is 1. The number of ether oxygens (including phenoxy) is 4. The van der Waals surface area contributed by atoms with Gasteiger partial charge in [-0.3, -0.25) is 14.5 Å². The summed E-state index contributed by atoms with van der Waals surface area (Å²) in [4.78, 5) is 37.4. The van der Waals surface area contributed by atoms with E-state index >= 15 is 0 Å². The molecule has 8 nitrogen and oxygen atoms in total. The van der Waals surface area contributed by atoms with Gasteiger partial charge in [-0.15, -0.1) is 0 Å². The van der Waals surface area contributed by atoms with Crippen molar-refractivity contribution in [2.45, 2.75) is 13.0 Å². The Bertz CT molecular complexity index is 749. The van der Waals surface area contributed by atoms with Gasteiger partial charge in [0.25, 0.3) is 11.1 Å². The molecule has 0 radical (unpaired) electrons. The van der Waals surface area contributed by atoms with Gasteiger partial charge in [0.1, 0.15) is 6.04 Å². The van der Waals surface area contributed by atoms with Crippen molar-refractivity contribution in [3.63, 3.8) is 0 Å². The van der Waals surface area contributed by atoms with Crippen LogP contribution in [0, 0.1) is 0 Å². The van der Waals surface area contributed by atoms with Crippen LogP contribution in [0.2, 0.25) is 0 Å². The molecule has 1 aliphatic heterocycles. The highest BCUT2D eigenvalue weighted by Crippen LogP contribution is 2.40. The zero-order valence-corrected chi connectivity index (χ0v) is 15.8. The van der Waals surface area contributed by atoms with E-state index in [1.807, 2.05) is 0 Å². The SMILES string of the molecule is COC(=O)[C@H](C)N1C(=O)S/C(=C\c2cc(OC)c(OC)c(OC)c2)C1=O. The molecule has 0 N–H and O–H groups in total. The molecule has 1 fully saturated rings. The largest absolute Gasteiger partial charge is 0.493 e.